The van der Waals surface area contributed by atoms with Crippen molar-refractivity contribution in [2.45, 2.75) is 5.92 Å². The molecule has 0 aliphatic carbocycles. The zero-order valence-electron chi connectivity index (χ0n) is 8.56. The van der Waals surface area contributed by atoms with Crippen molar-refractivity contribution in [3.8, 4) is 5.75 Å². The summed E-state index contributed by atoms with van der Waals surface area (Å²) in [6.07, 6.45) is 0. The molecule has 78 valence electrons. The number of aromatic hydroxyl groups is 1. The van der Waals surface area contributed by atoms with E-state index in [0.717, 1.165) is 5.56 Å². The highest BCUT2D eigenvalue weighted by atomic mass is 16.5. The highest BCUT2D eigenvalue weighted by molar-refractivity contribution is 5.28. The van der Waals surface area contributed by atoms with Crippen molar-refractivity contribution in [1.29, 1.82) is 0 Å². The molecule has 0 saturated carbocycles. The van der Waals surface area contributed by atoms with Gasteiger partial charge in [-0.1, -0.05) is 12.1 Å². The molecule has 0 fully saturated rings. The van der Waals surface area contributed by atoms with E-state index < -0.39 is 0 Å². The molecule has 0 radical (unpaired) electrons. The van der Waals surface area contributed by atoms with E-state index >= 15 is 0 Å². The smallest absolute Gasteiger partial charge is 0.115 e. The van der Waals surface area contributed by atoms with Crippen molar-refractivity contribution in [1.82, 2.24) is 0 Å². The number of benzene rings is 1. The summed E-state index contributed by atoms with van der Waals surface area (Å²) in [7, 11) is 3.34. The van der Waals surface area contributed by atoms with Crippen molar-refractivity contribution < 1.29 is 14.6 Å². The van der Waals surface area contributed by atoms with Gasteiger partial charge in [0.05, 0.1) is 13.2 Å². The number of phenols is 1. The maximum Gasteiger partial charge on any atom is 0.115 e. The van der Waals surface area contributed by atoms with Crippen LogP contribution in [0.3, 0.4) is 0 Å². The maximum absolute atomic E-state index is 9.14. The lowest BCUT2D eigenvalue weighted by molar-refractivity contribution is 0.117. The number of methoxy groups -OCH3 is 2. The molecule has 14 heavy (non-hydrogen) atoms. The average Bonchev–Trinajstić information content (AvgIpc) is 2.19. The molecule has 0 heterocycles. The van der Waals surface area contributed by atoms with Crippen LogP contribution in [0.1, 0.15) is 11.5 Å². The van der Waals surface area contributed by atoms with Gasteiger partial charge in [0, 0.05) is 20.1 Å². The molecule has 0 atom stereocenters. The highest BCUT2D eigenvalue weighted by Gasteiger charge is 2.10. The lowest BCUT2D eigenvalue weighted by Crippen LogP contribution is -2.12. The molecule has 1 aromatic carbocycles. The minimum absolute atomic E-state index is 0.227. The first kappa shape index (κ1) is 11.0. The van der Waals surface area contributed by atoms with E-state index in [1.54, 1.807) is 26.4 Å². The SMILES string of the molecule is COCC(COC)c1ccc(O)cc1. The minimum atomic E-state index is 0.227. The zero-order chi connectivity index (χ0) is 10.4. The van der Waals surface area contributed by atoms with Crippen molar-refractivity contribution in [3.63, 3.8) is 0 Å². The molecule has 1 rings (SSSR count). The van der Waals surface area contributed by atoms with Gasteiger partial charge in [0.25, 0.3) is 0 Å². The molecule has 1 N–H and O–H groups in total. The summed E-state index contributed by atoms with van der Waals surface area (Å²) in [6, 6.07) is 7.12. The quantitative estimate of drug-likeness (QED) is 0.780. The van der Waals surface area contributed by atoms with Crippen LogP contribution < -0.4 is 0 Å². The Labute approximate surface area is 84.3 Å². The van der Waals surface area contributed by atoms with E-state index in [1.165, 1.54) is 0 Å². The first-order valence-electron chi connectivity index (χ1n) is 4.54. The normalized spacial score (nSPS) is 10.8. The van der Waals surface area contributed by atoms with E-state index in [1.807, 2.05) is 12.1 Å². The molecule has 0 amide bonds. The second kappa shape index (κ2) is 5.62. The number of hydrogen-bond donors (Lipinski definition) is 1. The first-order chi connectivity index (χ1) is 6.77. The zero-order valence-corrected chi connectivity index (χ0v) is 8.56. The van der Waals surface area contributed by atoms with E-state index in [0.29, 0.717) is 13.2 Å². The average molecular weight is 196 g/mol. The van der Waals surface area contributed by atoms with E-state index in [4.69, 9.17) is 14.6 Å². The van der Waals surface area contributed by atoms with Gasteiger partial charge in [-0.2, -0.15) is 0 Å². The summed E-state index contributed by atoms with van der Waals surface area (Å²) < 4.78 is 10.2. The van der Waals surface area contributed by atoms with Gasteiger partial charge in [-0.05, 0) is 17.7 Å². The molecule has 0 unspecified atom stereocenters. The van der Waals surface area contributed by atoms with Crippen LogP contribution in [-0.4, -0.2) is 32.5 Å². The summed E-state index contributed by atoms with van der Waals surface area (Å²) in [5, 5.41) is 9.14. The van der Waals surface area contributed by atoms with Gasteiger partial charge in [-0.25, -0.2) is 0 Å². The monoisotopic (exact) mass is 196 g/mol. The molecule has 0 aromatic heterocycles. The maximum atomic E-state index is 9.14. The predicted octanol–water partition coefficient (Wildman–Crippen LogP) is 1.77. The van der Waals surface area contributed by atoms with E-state index in [-0.39, 0.29) is 11.7 Å². The fourth-order valence-corrected chi connectivity index (χ4v) is 1.39. The summed E-state index contributed by atoms with van der Waals surface area (Å²) >= 11 is 0. The summed E-state index contributed by atoms with van der Waals surface area (Å²) in [4.78, 5) is 0. The molecular weight excluding hydrogens is 180 g/mol. The number of hydrogen-bond acceptors (Lipinski definition) is 3. The Morgan fingerprint density at radius 2 is 1.57 bits per heavy atom. The fourth-order valence-electron chi connectivity index (χ4n) is 1.39. The Morgan fingerprint density at radius 3 is 2.00 bits per heavy atom. The third-order valence-electron chi connectivity index (χ3n) is 2.10. The van der Waals surface area contributed by atoms with Gasteiger partial charge in [0.15, 0.2) is 0 Å². The molecule has 0 spiro atoms. The Kier molecular flexibility index (Phi) is 4.43. The molecule has 3 heteroatoms. The van der Waals surface area contributed by atoms with Crippen LogP contribution in [0, 0.1) is 0 Å². The van der Waals surface area contributed by atoms with Crippen molar-refractivity contribution in [2.75, 3.05) is 27.4 Å². The molecule has 0 aliphatic heterocycles. The standard InChI is InChI=1S/C11H16O3/c1-13-7-10(8-14-2)9-3-5-11(12)6-4-9/h3-6,10,12H,7-8H2,1-2H3. The third-order valence-corrected chi connectivity index (χ3v) is 2.10. The van der Waals surface area contributed by atoms with Gasteiger partial charge in [0.2, 0.25) is 0 Å². The lowest BCUT2D eigenvalue weighted by Gasteiger charge is -2.15. The van der Waals surface area contributed by atoms with Gasteiger partial charge in [-0.3, -0.25) is 0 Å². The second-order valence-corrected chi connectivity index (χ2v) is 3.20. The van der Waals surface area contributed by atoms with Gasteiger partial charge in [-0.15, -0.1) is 0 Å². The van der Waals surface area contributed by atoms with Crippen molar-refractivity contribution in [3.05, 3.63) is 29.8 Å². The topological polar surface area (TPSA) is 38.7 Å². The summed E-state index contributed by atoms with van der Waals surface area (Å²) in [5.41, 5.74) is 1.12. The number of rotatable bonds is 5. The van der Waals surface area contributed by atoms with Crippen LogP contribution in [0.5, 0.6) is 5.75 Å². The van der Waals surface area contributed by atoms with Gasteiger partial charge >= 0.3 is 0 Å². The fraction of sp³-hybridized carbons (Fsp3) is 0.455. The minimum Gasteiger partial charge on any atom is -0.508 e. The lowest BCUT2D eigenvalue weighted by atomic mass is 10.0. The van der Waals surface area contributed by atoms with E-state index in [9.17, 15) is 0 Å². The van der Waals surface area contributed by atoms with Gasteiger partial charge in [0.1, 0.15) is 5.75 Å². The summed E-state index contributed by atoms with van der Waals surface area (Å²) in [6.45, 7) is 1.25. The highest BCUT2D eigenvalue weighted by Crippen LogP contribution is 2.19. The Balaban J connectivity index is 2.71. The van der Waals surface area contributed by atoms with Crippen LogP contribution in [0.25, 0.3) is 0 Å². The largest absolute Gasteiger partial charge is 0.508 e. The van der Waals surface area contributed by atoms with Crippen LogP contribution in [0.4, 0.5) is 0 Å². The van der Waals surface area contributed by atoms with Crippen LogP contribution in [-0.2, 0) is 9.47 Å². The first-order valence-corrected chi connectivity index (χ1v) is 4.54. The molecule has 1 aromatic rings. The van der Waals surface area contributed by atoms with Crippen LogP contribution in [0.2, 0.25) is 0 Å². The third kappa shape index (κ3) is 3.01. The second-order valence-electron chi connectivity index (χ2n) is 3.20. The van der Waals surface area contributed by atoms with Gasteiger partial charge < -0.3 is 14.6 Å². The molecule has 0 bridgehead atoms. The Morgan fingerprint density at radius 1 is 1.07 bits per heavy atom. The Bertz CT molecular complexity index is 250. The van der Waals surface area contributed by atoms with Crippen LogP contribution >= 0.6 is 0 Å². The summed E-state index contributed by atoms with van der Waals surface area (Å²) in [5.74, 6) is 0.507. The van der Waals surface area contributed by atoms with Crippen molar-refractivity contribution in [2.24, 2.45) is 0 Å². The Hall–Kier alpha value is -1.06. The van der Waals surface area contributed by atoms with Crippen LogP contribution in [0.15, 0.2) is 24.3 Å². The molecule has 0 saturated heterocycles. The predicted molar refractivity (Wildman–Crippen MR) is 54.6 cm³/mol. The molecular formula is C11H16O3. The van der Waals surface area contributed by atoms with Crippen molar-refractivity contribution >= 4 is 0 Å². The number of ether oxygens (including phenoxy) is 2. The molecule has 3 nitrogen and oxygen atoms in total. The van der Waals surface area contributed by atoms with E-state index in [2.05, 4.69) is 0 Å². The molecule has 0 aliphatic rings. The number of phenolic OH excluding ortho intramolecular Hbond substituents is 1.